The van der Waals surface area contributed by atoms with Crippen molar-refractivity contribution >= 4 is 62.9 Å². The number of rotatable bonds is 5. The van der Waals surface area contributed by atoms with Crippen LogP contribution < -0.4 is 11.1 Å². The first-order chi connectivity index (χ1) is 20.7. The third-order valence-corrected chi connectivity index (χ3v) is 7.16. The molecule has 0 spiro atoms. The van der Waals surface area contributed by atoms with Crippen LogP contribution in [0.4, 0.5) is 21.6 Å². The number of hydrogen-bond donors (Lipinski definition) is 2. The summed E-state index contributed by atoms with van der Waals surface area (Å²) in [5.74, 6) is 0.338. The number of aryl methyl sites for hydroxylation is 2. The van der Waals surface area contributed by atoms with E-state index in [2.05, 4.69) is 20.0 Å². The summed E-state index contributed by atoms with van der Waals surface area (Å²) in [5.41, 5.74) is 11.3. The maximum absolute atomic E-state index is 12.4. The van der Waals surface area contributed by atoms with Crippen molar-refractivity contribution in [1.29, 1.82) is 0 Å². The summed E-state index contributed by atoms with van der Waals surface area (Å²) in [6.07, 6.45) is 2.68. The van der Waals surface area contributed by atoms with E-state index in [9.17, 15) is 4.39 Å². The predicted molar refractivity (Wildman–Crippen MR) is 177 cm³/mol. The number of nitrogens with one attached hydrogen (secondary N) is 1. The monoisotopic (exact) mass is 632 g/mol. The molecule has 2 aromatic heterocycles. The van der Waals surface area contributed by atoms with Gasteiger partial charge >= 0.3 is 0 Å². The largest absolute Gasteiger partial charge is 0.369 e. The van der Waals surface area contributed by atoms with Crippen molar-refractivity contribution < 1.29 is 4.39 Å². The fraction of sp³-hybridized carbons (Fsp3) is 0.152. The average molecular weight is 634 g/mol. The lowest BCUT2D eigenvalue weighted by molar-refractivity contribution is 0.628. The van der Waals surface area contributed by atoms with E-state index >= 15 is 0 Å². The smallest absolute Gasteiger partial charge is 0.188 e. The Morgan fingerprint density at radius 2 is 1.47 bits per heavy atom. The lowest BCUT2D eigenvalue weighted by Gasteiger charge is -2.11. The van der Waals surface area contributed by atoms with Gasteiger partial charge in [0.25, 0.3) is 0 Å². The third-order valence-electron chi connectivity index (χ3n) is 6.06. The Balaban J connectivity index is 0.000000209. The molecule has 0 atom stereocenters. The Kier molecular flexibility index (Phi) is 12.7. The van der Waals surface area contributed by atoms with Crippen molar-refractivity contribution in [3.05, 3.63) is 134 Å². The van der Waals surface area contributed by atoms with Gasteiger partial charge in [-0.25, -0.2) is 19.1 Å². The van der Waals surface area contributed by atoms with E-state index in [1.807, 2.05) is 56.3 Å². The zero-order valence-electron chi connectivity index (χ0n) is 23.5. The van der Waals surface area contributed by atoms with Gasteiger partial charge in [-0.2, -0.15) is 0 Å². The molecule has 0 amide bonds. The second kappa shape index (κ2) is 16.4. The van der Waals surface area contributed by atoms with Crippen LogP contribution in [0.15, 0.2) is 79.0 Å². The van der Waals surface area contributed by atoms with Crippen molar-refractivity contribution in [3.8, 4) is 11.3 Å². The first kappa shape index (κ1) is 33.3. The van der Waals surface area contributed by atoms with Gasteiger partial charge in [-0.1, -0.05) is 65.1 Å². The molecule has 0 fully saturated rings. The highest BCUT2D eigenvalue weighted by Crippen LogP contribution is 2.29. The molecule has 0 aliphatic rings. The van der Waals surface area contributed by atoms with E-state index in [1.54, 1.807) is 18.3 Å². The van der Waals surface area contributed by atoms with Crippen LogP contribution in [-0.4, -0.2) is 23.1 Å². The number of aromatic nitrogens is 2. The maximum atomic E-state index is 12.4. The molecule has 2 heterocycles. The van der Waals surface area contributed by atoms with Crippen LogP contribution in [0.5, 0.6) is 0 Å². The van der Waals surface area contributed by atoms with Crippen LogP contribution in [0.1, 0.15) is 17.5 Å². The summed E-state index contributed by atoms with van der Waals surface area (Å²) in [7, 11) is 0. The van der Waals surface area contributed by atoms with Gasteiger partial charge in [0.1, 0.15) is 11.6 Å². The van der Waals surface area contributed by atoms with Crippen LogP contribution in [-0.2, 0) is 0 Å². The number of nitrogens with two attached hydrogens (primary N) is 1. The zero-order chi connectivity index (χ0) is 31.4. The van der Waals surface area contributed by atoms with Crippen LogP contribution in [0.2, 0.25) is 15.1 Å². The highest BCUT2D eigenvalue weighted by atomic mass is 35.5. The second-order valence-electron chi connectivity index (χ2n) is 9.21. The van der Waals surface area contributed by atoms with E-state index in [-0.39, 0.29) is 5.02 Å². The Morgan fingerprint density at radius 1 is 0.837 bits per heavy atom. The molecule has 0 saturated carbocycles. The number of hydrogen-bond acceptors (Lipinski definition) is 4. The van der Waals surface area contributed by atoms with Gasteiger partial charge in [0.2, 0.25) is 0 Å². The van der Waals surface area contributed by atoms with Crippen LogP contribution in [0.3, 0.4) is 0 Å². The van der Waals surface area contributed by atoms with Gasteiger partial charge < -0.3 is 11.1 Å². The van der Waals surface area contributed by atoms with Crippen LogP contribution in [0.25, 0.3) is 31.9 Å². The molecule has 3 aromatic carbocycles. The topological polar surface area (TPSA) is 72.5 Å². The van der Waals surface area contributed by atoms with Gasteiger partial charge in [-0.05, 0) is 80.4 Å². The molecule has 10 heteroatoms. The molecule has 5 aromatic rings. The SMILES string of the molecule is Cc1ccc(-c2cc3ncccc3c(NCCCN)n2)cc1Cl.[C-]#[N+]c1ccc(C)c(Cl)c1.[C-]#[N+]c1ccc(F)c(Cl)c1. The lowest BCUT2D eigenvalue weighted by Crippen LogP contribution is -2.10. The van der Waals surface area contributed by atoms with E-state index in [4.69, 9.17) is 58.7 Å². The zero-order valence-corrected chi connectivity index (χ0v) is 25.8. The molecule has 5 rings (SSSR count). The van der Waals surface area contributed by atoms with E-state index in [0.717, 1.165) is 57.1 Å². The lowest BCUT2D eigenvalue weighted by atomic mass is 10.1. The Morgan fingerprint density at radius 3 is 2.07 bits per heavy atom. The van der Waals surface area contributed by atoms with Crippen LogP contribution >= 0.6 is 34.8 Å². The van der Waals surface area contributed by atoms with Gasteiger partial charge in [0.05, 0.1) is 29.4 Å². The van der Waals surface area contributed by atoms with Gasteiger partial charge in [0.15, 0.2) is 11.4 Å². The molecule has 3 N–H and O–H groups in total. The molecule has 0 saturated heterocycles. The number of pyridine rings is 2. The standard InChI is InChI=1S/C18H19ClN4.C8H6ClN.C7H3ClFN/c1-12-5-6-13(10-15(12)19)16-11-17-14(4-2-8-21-17)18(23-16)22-9-3-7-20;1-6-3-4-7(10-2)5-8(6)9;1-10-5-2-3-7(9)6(8)4-5/h2,4-6,8,10-11H,3,7,9,20H2,1H3,(H,22,23);3-5H,1H3;2-4H. The highest BCUT2D eigenvalue weighted by molar-refractivity contribution is 6.32. The molecular weight excluding hydrogens is 606 g/mol. The number of halogens is 4. The minimum atomic E-state index is -0.492. The summed E-state index contributed by atoms with van der Waals surface area (Å²) in [6, 6.07) is 21.0. The summed E-state index contributed by atoms with van der Waals surface area (Å²) >= 11 is 17.4. The van der Waals surface area contributed by atoms with Crippen molar-refractivity contribution in [2.45, 2.75) is 20.3 Å². The van der Waals surface area contributed by atoms with E-state index in [1.165, 1.54) is 18.2 Å². The Labute approximate surface area is 265 Å². The molecule has 0 unspecified atom stereocenters. The van der Waals surface area contributed by atoms with E-state index < -0.39 is 5.82 Å². The van der Waals surface area contributed by atoms with Crippen molar-refractivity contribution in [2.24, 2.45) is 5.73 Å². The molecular formula is C33H28Cl3FN6. The molecule has 0 radical (unpaired) electrons. The molecule has 6 nitrogen and oxygen atoms in total. The van der Waals surface area contributed by atoms with Crippen LogP contribution in [0, 0.1) is 32.8 Å². The Bertz CT molecular complexity index is 1740. The average Bonchev–Trinajstić information content (AvgIpc) is 3.02. The highest BCUT2D eigenvalue weighted by Gasteiger charge is 2.09. The van der Waals surface area contributed by atoms with Gasteiger partial charge in [-0.15, -0.1) is 0 Å². The third kappa shape index (κ3) is 9.64. The fourth-order valence-electron chi connectivity index (χ4n) is 3.62. The van der Waals surface area contributed by atoms with Crippen molar-refractivity contribution in [3.63, 3.8) is 0 Å². The summed E-state index contributed by atoms with van der Waals surface area (Å²) in [4.78, 5) is 15.5. The number of benzene rings is 3. The Hall–Kier alpha value is -4.24. The number of anilines is 1. The normalized spacial score (nSPS) is 9.98. The first-order valence-corrected chi connectivity index (χ1v) is 14.2. The molecule has 218 valence electrons. The minimum absolute atomic E-state index is 0.00602. The quantitative estimate of drug-likeness (QED) is 0.149. The predicted octanol–water partition coefficient (Wildman–Crippen LogP) is 10.2. The summed E-state index contributed by atoms with van der Waals surface area (Å²) in [5, 5.41) is 5.76. The fourth-order valence-corrected chi connectivity index (χ4v) is 4.15. The van der Waals surface area contributed by atoms with Crippen molar-refractivity contribution in [2.75, 3.05) is 18.4 Å². The van der Waals surface area contributed by atoms with Gasteiger partial charge in [-0.3, -0.25) is 4.98 Å². The second-order valence-corrected chi connectivity index (χ2v) is 10.4. The number of nitrogens with zero attached hydrogens (tertiary/aromatic N) is 4. The molecule has 0 aliphatic heterocycles. The van der Waals surface area contributed by atoms with Gasteiger partial charge in [0, 0.05) is 33.7 Å². The number of fused-ring (bicyclic) bond motifs is 1. The molecule has 43 heavy (non-hydrogen) atoms. The first-order valence-electron chi connectivity index (χ1n) is 13.1. The van der Waals surface area contributed by atoms with Crippen molar-refractivity contribution in [1.82, 2.24) is 9.97 Å². The molecule has 0 aliphatic carbocycles. The van der Waals surface area contributed by atoms with E-state index in [0.29, 0.717) is 22.9 Å². The maximum Gasteiger partial charge on any atom is 0.188 e. The summed E-state index contributed by atoms with van der Waals surface area (Å²) < 4.78 is 12.4. The summed E-state index contributed by atoms with van der Waals surface area (Å²) in [6.45, 7) is 18.6. The minimum Gasteiger partial charge on any atom is -0.369 e. The molecule has 0 bridgehead atoms.